The molecule has 6 heteroatoms. The number of amides is 1. The normalized spacial score (nSPS) is 11.0. The monoisotopic (exact) mass is 443 g/mol. The maximum atomic E-state index is 12.6. The highest BCUT2D eigenvalue weighted by atomic mass is 32.2. The fraction of sp³-hybridized carbons (Fsp3) is 0.192. The Hall–Kier alpha value is -3.38. The van der Waals surface area contributed by atoms with Gasteiger partial charge in [-0.15, -0.1) is 0 Å². The van der Waals surface area contributed by atoms with Crippen LogP contribution < -0.4 is 5.32 Å². The molecule has 1 aromatic heterocycles. The van der Waals surface area contributed by atoms with Crippen molar-refractivity contribution in [3.8, 4) is 11.4 Å². The van der Waals surface area contributed by atoms with Crippen molar-refractivity contribution in [3.05, 3.63) is 90.3 Å². The summed E-state index contributed by atoms with van der Waals surface area (Å²) in [6.45, 7) is 4.32. The standard InChI is InChI=1S/C26H25N3O2S/c1-18(2)19-12-14-20(15-13-19)26-28-25(31-29-26)17-16-24(30)27-22-10-6-7-11-23(22)32-21-8-4-3-5-9-21/h3-15,18H,16-17H2,1-2H3,(H,27,30). The van der Waals surface area contributed by atoms with Crippen molar-refractivity contribution >= 4 is 23.4 Å². The van der Waals surface area contributed by atoms with Gasteiger partial charge >= 0.3 is 0 Å². The molecule has 32 heavy (non-hydrogen) atoms. The summed E-state index contributed by atoms with van der Waals surface area (Å²) in [5.74, 6) is 1.38. The van der Waals surface area contributed by atoms with E-state index in [0.717, 1.165) is 21.0 Å². The van der Waals surface area contributed by atoms with Crippen LogP contribution in [0.4, 0.5) is 5.69 Å². The Balaban J connectivity index is 1.35. The van der Waals surface area contributed by atoms with Gasteiger partial charge in [-0.1, -0.05) is 85.4 Å². The van der Waals surface area contributed by atoms with Crippen LogP contribution in [0.1, 0.15) is 37.6 Å². The first-order chi connectivity index (χ1) is 15.6. The molecule has 0 bridgehead atoms. The minimum absolute atomic E-state index is 0.0906. The van der Waals surface area contributed by atoms with Crippen molar-refractivity contribution in [3.63, 3.8) is 0 Å². The number of carbonyl (C=O) groups excluding carboxylic acids is 1. The number of rotatable bonds is 8. The fourth-order valence-corrected chi connectivity index (χ4v) is 4.12. The lowest BCUT2D eigenvalue weighted by atomic mass is 10.0. The first-order valence-corrected chi connectivity index (χ1v) is 11.4. The molecule has 0 aliphatic carbocycles. The zero-order chi connectivity index (χ0) is 22.3. The molecule has 0 aliphatic rings. The summed E-state index contributed by atoms with van der Waals surface area (Å²) >= 11 is 1.62. The molecule has 0 unspecified atom stereocenters. The highest BCUT2D eigenvalue weighted by molar-refractivity contribution is 7.99. The van der Waals surface area contributed by atoms with Gasteiger partial charge in [-0.3, -0.25) is 4.79 Å². The van der Waals surface area contributed by atoms with Crippen LogP contribution in [0.5, 0.6) is 0 Å². The van der Waals surface area contributed by atoms with E-state index in [0.29, 0.717) is 24.1 Å². The van der Waals surface area contributed by atoms with Gasteiger partial charge in [0, 0.05) is 28.2 Å². The van der Waals surface area contributed by atoms with E-state index in [-0.39, 0.29) is 12.3 Å². The van der Waals surface area contributed by atoms with Gasteiger partial charge in [0.2, 0.25) is 17.6 Å². The molecule has 0 aliphatic heterocycles. The highest BCUT2D eigenvalue weighted by Crippen LogP contribution is 2.33. The number of nitrogens with one attached hydrogen (secondary N) is 1. The third-order valence-electron chi connectivity index (χ3n) is 5.00. The largest absolute Gasteiger partial charge is 0.339 e. The number of aromatic nitrogens is 2. The SMILES string of the molecule is CC(C)c1ccc(-c2noc(CCC(=O)Nc3ccccc3Sc3ccccc3)n2)cc1. The lowest BCUT2D eigenvalue weighted by Gasteiger charge is -2.10. The van der Waals surface area contributed by atoms with E-state index in [4.69, 9.17) is 4.52 Å². The molecule has 4 aromatic rings. The van der Waals surface area contributed by atoms with E-state index in [9.17, 15) is 4.79 Å². The van der Waals surface area contributed by atoms with E-state index in [2.05, 4.69) is 41.4 Å². The maximum Gasteiger partial charge on any atom is 0.227 e. The van der Waals surface area contributed by atoms with Gasteiger partial charge in [-0.05, 0) is 35.7 Å². The first kappa shape index (κ1) is 21.8. The van der Waals surface area contributed by atoms with E-state index in [1.807, 2.05) is 66.7 Å². The molecule has 1 N–H and O–H groups in total. The summed E-state index contributed by atoms with van der Waals surface area (Å²) < 4.78 is 5.35. The lowest BCUT2D eigenvalue weighted by molar-refractivity contribution is -0.116. The van der Waals surface area contributed by atoms with Crippen molar-refractivity contribution in [2.45, 2.75) is 42.4 Å². The Morgan fingerprint density at radius 1 is 0.969 bits per heavy atom. The van der Waals surface area contributed by atoms with E-state index >= 15 is 0 Å². The highest BCUT2D eigenvalue weighted by Gasteiger charge is 2.13. The molecule has 0 spiro atoms. The lowest BCUT2D eigenvalue weighted by Crippen LogP contribution is -2.13. The van der Waals surface area contributed by atoms with Crippen molar-refractivity contribution in [2.24, 2.45) is 0 Å². The Morgan fingerprint density at radius 3 is 2.44 bits per heavy atom. The number of hydrogen-bond acceptors (Lipinski definition) is 5. The Labute approximate surface area is 192 Å². The predicted molar refractivity (Wildman–Crippen MR) is 128 cm³/mol. The minimum Gasteiger partial charge on any atom is -0.339 e. The molecule has 0 saturated carbocycles. The first-order valence-electron chi connectivity index (χ1n) is 10.6. The topological polar surface area (TPSA) is 68.0 Å². The van der Waals surface area contributed by atoms with Crippen LogP contribution in [0, 0.1) is 0 Å². The van der Waals surface area contributed by atoms with E-state index in [1.54, 1.807) is 11.8 Å². The Morgan fingerprint density at radius 2 is 1.69 bits per heavy atom. The second kappa shape index (κ2) is 10.3. The van der Waals surface area contributed by atoms with Crippen LogP contribution in [0.25, 0.3) is 11.4 Å². The van der Waals surface area contributed by atoms with Crippen LogP contribution >= 0.6 is 11.8 Å². The number of anilines is 1. The van der Waals surface area contributed by atoms with Crippen LogP contribution in [0.3, 0.4) is 0 Å². The van der Waals surface area contributed by atoms with Gasteiger partial charge in [0.25, 0.3) is 0 Å². The Bertz CT molecular complexity index is 1170. The summed E-state index contributed by atoms with van der Waals surface area (Å²) in [6, 6.07) is 26.0. The van der Waals surface area contributed by atoms with Gasteiger partial charge in [0.05, 0.1) is 5.69 Å². The average Bonchev–Trinajstić information content (AvgIpc) is 3.29. The second-order valence-corrected chi connectivity index (χ2v) is 8.86. The van der Waals surface area contributed by atoms with Crippen molar-refractivity contribution in [1.82, 2.24) is 10.1 Å². The zero-order valence-corrected chi connectivity index (χ0v) is 18.9. The molecule has 1 heterocycles. The molecule has 162 valence electrons. The Kier molecular flexibility index (Phi) is 7.02. The minimum atomic E-state index is -0.0906. The van der Waals surface area contributed by atoms with Crippen molar-refractivity contribution in [2.75, 3.05) is 5.32 Å². The second-order valence-electron chi connectivity index (χ2n) is 7.75. The number of para-hydroxylation sites is 1. The third-order valence-corrected chi connectivity index (χ3v) is 6.09. The van der Waals surface area contributed by atoms with Crippen LogP contribution in [-0.2, 0) is 11.2 Å². The molecular weight excluding hydrogens is 418 g/mol. The smallest absolute Gasteiger partial charge is 0.227 e. The zero-order valence-electron chi connectivity index (χ0n) is 18.1. The van der Waals surface area contributed by atoms with Gasteiger partial charge in [0.15, 0.2) is 0 Å². The average molecular weight is 444 g/mol. The maximum absolute atomic E-state index is 12.6. The third kappa shape index (κ3) is 5.65. The van der Waals surface area contributed by atoms with Gasteiger partial charge in [-0.2, -0.15) is 4.98 Å². The number of carbonyl (C=O) groups is 1. The predicted octanol–water partition coefficient (Wildman–Crippen LogP) is 6.58. The van der Waals surface area contributed by atoms with Gasteiger partial charge in [0.1, 0.15) is 0 Å². The molecule has 0 fully saturated rings. The van der Waals surface area contributed by atoms with Gasteiger partial charge < -0.3 is 9.84 Å². The summed E-state index contributed by atoms with van der Waals surface area (Å²) in [4.78, 5) is 19.1. The molecule has 0 radical (unpaired) electrons. The summed E-state index contributed by atoms with van der Waals surface area (Å²) in [7, 11) is 0. The molecule has 0 atom stereocenters. The fourth-order valence-electron chi connectivity index (χ4n) is 3.20. The molecule has 0 saturated heterocycles. The molecule has 4 rings (SSSR count). The van der Waals surface area contributed by atoms with Gasteiger partial charge in [-0.25, -0.2) is 0 Å². The van der Waals surface area contributed by atoms with Crippen molar-refractivity contribution < 1.29 is 9.32 Å². The number of nitrogens with zero attached hydrogens (tertiary/aromatic N) is 2. The summed E-state index contributed by atoms with van der Waals surface area (Å²) in [5.41, 5.74) is 2.96. The van der Waals surface area contributed by atoms with Crippen molar-refractivity contribution in [1.29, 1.82) is 0 Å². The quantitative estimate of drug-likeness (QED) is 0.333. The van der Waals surface area contributed by atoms with Crippen LogP contribution in [0.2, 0.25) is 0 Å². The van der Waals surface area contributed by atoms with E-state index in [1.165, 1.54) is 5.56 Å². The molecular formula is C26H25N3O2S. The number of aryl methyl sites for hydroxylation is 1. The molecule has 5 nitrogen and oxygen atoms in total. The number of hydrogen-bond donors (Lipinski definition) is 1. The van der Waals surface area contributed by atoms with Crippen LogP contribution in [-0.4, -0.2) is 16.0 Å². The van der Waals surface area contributed by atoms with Crippen LogP contribution in [0.15, 0.2) is 93.2 Å². The summed E-state index contributed by atoms with van der Waals surface area (Å²) in [5, 5.41) is 7.07. The molecule has 3 aromatic carbocycles. The number of benzene rings is 3. The van der Waals surface area contributed by atoms with E-state index < -0.39 is 0 Å². The summed E-state index contributed by atoms with van der Waals surface area (Å²) in [6.07, 6.45) is 0.648. The molecule has 1 amide bonds.